The summed E-state index contributed by atoms with van der Waals surface area (Å²) in [6.07, 6.45) is 0. The molecule has 1 unspecified atom stereocenters. The number of hydrogen-bond acceptors (Lipinski definition) is 1. The third-order valence-electron chi connectivity index (χ3n) is 2.87. The minimum Gasteiger partial charge on any atom is -0.320 e. The van der Waals surface area contributed by atoms with Gasteiger partial charge in [-0.1, -0.05) is 53.9 Å². The maximum Gasteiger partial charge on any atom is 0.0566 e. The molecule has 18 heavy (non-hydrogen) atoms. The van der Waals surface area contributed by atoms with E-state index in [4.69, 9.17) is 5.73 Å². The molecule has 4 heteroatoms. The van der Waals surface area contributed by atoms with Crippen molar-refractivity contribution in [3.05, 3.63) is 66.5 Å². The van der Waals surface area contributed by atoms with Crippen molar-refractivity contribution < 1.29 is 0 Å². The summed E-state index contributed by atoms with van der Waals surface area (Å²) in [6.45, 7) is 2.08. The van der Waals surface area contributed by atoms with E-state index in [0.29, 0.717) is 0 Å². The van der Waals surface area contributed by atoms with Crippen molar-refractivity contribution in [1.82, 2.24) is 0 Å². The summed E-state index contributed by atoms with van der Waals surface area (Å²) in [5.41, 5.74) is 9.78. The molecule has 2 aromatic rings. The lowest BCUT2D eigenvalue weighted by atomic mass is 9.96. The average molecular weight is 434 g/mol. The van der Waals surface area contributed by atoms with Crippen molar-refractivity contribution in [2.75, 3.05) is 0 Å². The van der Waals surface area contributed by atoms with Crippen LogP contribution in [0.15, 0.2) is 49.8 Å². The van der Waals surface area contributed by atoms with Crippen LogP contribution in [0.1, 0.15) is 22.7 Å². The van der Waals surface area contributed by atoms with Crippen molar-refractivity contribution in [1.29, 1.82) is 0 Å². The molecule has 2 aromatic carbocycles. The van der Waals surface area contributed by atoms with Gasteiger partial charge in [0.05, 0.1) is 6.04 Å². The highest BCUT2D eigenvalue weighted by atomic mass is 79.9. The van der Waals surface area contributed by atoms with Crippen LogP contribution in [0.25, 0.3) is 0 Å². The standard InChI is InChI=1S/C14H12Br3N/c1-8-2-3-9(15)6-11(8)14(18)12-7-10(16)4-5-13(12)17/h2-7,14H,18H2,1H3. The van der Waals surface area contributed by atoms with E-state index in [1.165, 1.54) is 5.56 Å². The number of rotatable bonds is 2. The summed E-state index contributed by atoms with van der Waals surface area (Å²) in [7, 11) is 0. The van der Waals surface area contributed by atoms with Crippen molar-refractivity contribution in [3.63, 3.8) is 0 Å². The fraction of sp³-hybridized carbons (Fsp3) is 0.143. The molecule has 0 amide bonds. The molecule has 0 aromatic heterocycles. The van der Waals surface area contributed by atoms with Gasteiger partial charge in [-0.05, 0) is 53.9 Å². The fourth-order valence-corrected chi connectivity index (χ4v) is 3.12. The van der Waals surface area contributed by atoms with Crippen LogP contribution >= 0.6 is 47.8 Å². The second kappa shape index (κ2) is 5.87. The Morgan fingerprint density at radius 3 is 2.11 bits per heavy atom. The minimum atomic E-state index is -0.144. The predicted molar refractivity (Wildman–Crippen MR) is 86.8 cm³/mol. The molecule has 0 aliphatic rings. The quantitative estimate of drug-likeness (QED) is 0.680. The molecule has 94 valence electrons. The number of benzene rings is 2. The van der Waals surface area contributed by atoms with Crippen LogP contribution in [-0.2, 0) is 0 Å². The van der Waals surface area contributed by atoms with Crippen molar-refractivity contribution >= 4 is 47.8 Å². The van der Waals surface area contributed by atoms with Gasteiger partial charge in [-0.15, -0.1) is 0 Å². The first-order chi connectivity index (χ1) is 8.49. The van der Waals surface area contributed by atoms with E-state index < -0.39 is 0 Å². The summed E-state index contributed by atoms with van der Waals surface area (Å²) in [5.74, 6) is 0. The third kappa shape index (κ3) is 3.05. The summed E-state index contributed by atoms with van der Waals surface area (Å²) >= 11 is 10.5. The second-order valence-corrected chi connectivity index (χ2v) is 6.83. The lowest BCUT2D eigenvalue weighted by Crippen LogP contribution is -2.14. The number of nitrogens with two attached hydrogens (primary N) is 1. The minimum absolute atomic E-state index is 0.144. The molecule has 0 saturated carbocycles. The molecule has 0 bridgehead atoms. The Kier molecular flexibility index (Phi) is 4.64. The van der Waals surface area contributed by atoms with Crippen LogP contribution in [0.3, 0.4) is 0 Å². The van der Waals surface area contributed by atoms with Gasteiger partial charge in [-0.3, -0.25) is 0 Å². The Balaban J connectivity index is 2.50. The first-order valence-corrected chi connectivity index (χ1v) is 7.83. The lowest BCUT2D eigenvalue weighted by molar-refractivity contribution is 0.854. The van der Waals surface area contributed by atoms with Crippen LogP contribution in [0.5, 0.6) is 0 Å². The Labute approximate surface area is 132 Å². The maximum absolute atomic E-state index is 6.38. The van der Waals surface area contributed by atoms with Crippen LogP contribution in [0.2, 0.25) is 0 Å². The van der Waals surface area contributed by atoms with E-state index in [2.05, 4.69) is 72.9 Å². The van der Waals surface area contributed by atoms with Gasteiger partial charge >= 0.3 is 0 Å². The highest BCUT2D eigenvalue weighted by Crippen LogP contribution is 2.32. The summed E-state index contributed by atoms with van der Waals surface area (Å²) < 4.78 is 3.10. The van der Waals surface area contributed by atoms with E-state index in [0.717, 1.165) is 24.5 Å². The molecule has 0 fully saturated rings. The van der Waals surface area contributed by atoms with Crippen molar-refractivity contribution in [3.8, 4) is 0 Å². The first-order valence-electron chi connectivity index (χ1n) is 5.45. The normalized spacial score (nSPS) is 12.5. The molecule has 0 spiro atoms. The van der Waals surface area contributed by atoms with Gasteiger partial charge < -0.3 is 5.73 Å². The molecule has 0 heterocycles. The molecule has 0 saturated heterocycles. The van der Waals surface area contributed by atoms with Gasteiger partial charge in [-0.2, -0.15) is 0 Å². The third-order valence-corrected chi connectivity index (χ3v) is 4.58. The van der Waals surface area contributed by atoms with Crippen LogP contribution in [-0.4, -0.2) is 0 Å². The zero-order valence-corrected chi connectivity index (χ0v) is 14.5. The highest BCUT2D eigenvalue weighted by molar-refractivity contribution is 9.11. The number of halogens is 3. The SMILES string of the molecule is Cc1ccc(Br)cc1C(N)c1cc(Br)ccc1Br. The predicted octanol–water partition coefficient (Wildman–Crippen LogP) is 5.33. The van der Waals surface area contributed by atoms with E-state index in [9.17, 15) is 0 Å². The molecule has 2 N–H and O–H groups in total. The maximum atomic E-state index is 6.38. The van der Waals surface area contributed by atoms with Crippen molar-refractivity contribution in [2.24, 2.45) is 5.73 Å². The molecular formula is C14H12Br3N. The molecule has 1 nitrogen and oxygen atoms in total. The zero-order valence-electron chi connectivity index (χ0n) is 9.75. The number of hydrogen-bond donors (Lipinski definition) is 1. The van der Waals surface area contributed by atoms with Gasteiger partial charge in [0, 0.05) is 13.4 Å². The lowest BCUT2D eigenvalue weighted by Gasteiger charge is -2.17. The van der Waals surface area contributed by atoms with Crippen molar-refractivity contribution in [2.45, 2.75) is 13.0 Å². The van der Waals surface area contributed by atoms with E-state index >= 15 is 0 Å². The molecule has 0 aliphatic heterocycles. The highest BCUT2D eigenvalue weighted by Gasteiger charge is 2.15. The molecule has 0 aliphatic carbocycles. The van der Waals surface area contributed by atoms with Crippen LogP contribution < -0.4 is 5.73 Å². The van der Waals surface area contributed by atoms with E-state index in [1.54, 1.807) is 0 Å². The van der Waals surface area contributed by atoms with Gasteiger partial charge in [0.15, 0.2) is 0 Å². The Morgan fingerprint density at radius 2 is 1.44 bits per heavy atom. The summed E-state index contributed by atoms with van der Waals surface area (Å²) in [5, 5.41) is 0. The molecule has 2 rings (SSSR count). The largest absolute Gasteiger partial charge is 0.320 e. The topological polar surface area (TPSA) is 26.0 Å². The molecular weight excluding hydrogens is 422 g/mol. The number of aryl methyl sites for hydroxylation is 1. The Morgan fingerprint density at radius 1 is 0.889 bits per heavy atom. The van der Waals surface area contributed by atoms with Crippen LogP contribution in [0, 0.1) is 6.92 Å². The summed E-state index contributed by atoms with van der Waals surface area (Å²) in [6, 6.07) is 12.1. The second-order valence-electron chi connectivity index (χ2n) is 4.14. The average Bonchev–Trinajstić information content (AvgIpc) is 2.34. The summed E-state index contributed by atoms with van der Waals surface area (Å²) in [4.78, 5) is 0. The monoisotopic (exact) mass is 431 g/mol. The van der Waals surface area contributed by atoms with Gasteiger partial charge in [0.1, 0.15) is 0 Å². The van der Waals surface area contributed by atoms with Gasteiger partial charge in [-0.25, -0.2) is 0 Å². The molecule has 1 atom stereocenters. The fourth-order valence-electron chi connectivity index (χ4n) is 1.87. The van der Waals surface area contributed by atoms with Gasteiger partial charge in [0.25, 0.3) is 0 Å². The Bertz CT molecular complexity index is 530. The van der Waals surface area contributed by atoms with E-state index in [-0.39, 0.29) is 6.04 Å². The zero-order chi connectivity index (χ0) is 13.3. The molecule has 0 radical (unpaired) electrons. The smallest absolute Gasteiger partial charge is 0.0566 e. The van der Waals surface area contributed by atoms with E-state index in [1.807, 2.05) is 18.2 Å². The Hall–Kier alpha value is -0.160. The van der Waals surface area contributed by atoms with Crippen LogP contribution in [0.4, 0.5) is 0 Å². The van der Waals surface area contributed by atoms with Gasteiger partial charge in [0.2, 0.25) is 0 Å². The first kappa shape index (κ1) is 14.3.